The van der Waals surface area contributed by atoms with Gasteiger partial charge in [0.05, 0.1) is 7.11 Å². The van der Waals surface area contributed by atoms with Crippen LogP contribution >= 0.6 is 0 Å². The topological polar surface area (TPSA) is 58.6 Å². The van der Waals surface area contributed by atoms with Crippen LogP contribution in [0.4, 0.5) is 5.69 Å². The molecule has 1 aliphatic rings. The monoisotopic (exact) mass is 324 g/mol. The molecule has 2 amide bonds. The van der Waals surface area contributed by atoms with Crippen LogP contribution in [0.25, 0.3) is 0 Å². The van der Waals surface area contributed by atoms with E-state index in [2.05, 4.69) is 5.32 Å². The summed E-state index contributed by atoms with van der Waals surface area (Å²) in [6.45, 7) is 1.91. The highest BCUT2D eigenvalue weighted by Crippen LogP contribution is 2.32. The maximum Gasteiger partial charge on any atom is 0.243 e. The van der Waals surface area contributed by atoms with E-state index in [4.69, 9.17) is 4.74 Å². The van der Waals surface area contributed by atoms with Crippen molar-refractivity contribution in [2.45, 2.75) is 25.9 Å². The highest BCUT2D eigenvalue weighted by Gasteiger charge is 2.36. The standard InChI is InChI=1S/C19H20N2O3/c1-13(22)21-17-6-4-3-5-15(17)11-18(21)19(23)20-12-14-7-9-16(24-2)10-8-14/h3-10,18H,11-12H2,1-2H3,(H,20,23). The summed E-state index contributed by atoms with van der Waals surface area (Å²) >= 11 is 0. The molecule has 3 rings (SSSR count). The number of ether oxygens (including phenoxy) is 1. The Labute approximate surface area is 141 Å². The summed E-state index contributed by atoms with van der Waals surface area (Å²) in [4.78, 5) is 26.2. The average molecular weight is 324 g/mol. The SMILES string of the molecule is COc1ccc(CNC(=O)C2Cc3ccccc3N2C(C)=O)cc1. The highest BCUT2D eigenvalue weighted by molar-refractivity contribution is 6.02. The number of amides is 2. The van der Waals surface area contributed by atoms with Gasteiger partial charge in [0.25, 0.3) is 0 Å². The summed E-state index contributed by atoms with van der Waals surface area (Å²) in [6, 6.07) is 14.7. The van der Waals surface area contributed by atoms with Gasteiger partial charge < -0.3 is 10.1 Å². The molecule has 5 heteroatoms. The molecule has 1 unspecified atom stereocenters. The van der Waals surface area contributed by atoms with Gasteiger partial charge in [-0.2, -0.15) is 0 Å². The van der Waals surface area contributed by atoms with Gasteiger partial charge in [-0.1, -0.05) is 30.3 Å². The molecule has 0 saturated heterocycles. The summed E-state index contributed by atoms with van der Waals surface area (Å²) < 4.78 is 5.12. The average Bonchev–Trinajstić information content (AvgIpc) is 3.00. The van der Waals surface area contributed by atoms with Crippen molar-refractivity contribution in [1.29, 1.82) is 0 Å². The number of methoxy groups -OCH3 is 1. The lowest BCUT2D eigenvalue weighted by Crippen LogP contribution is -2.47. The minimum Gasteiger partial charge on any atom is -0.497 e. The van der Waals surface area contributed by atoms with Crippen LogP contribution in [0.5, 0.6) is 5.75 Å². The molecule has 1 N–H and O–H groups in total. The zero-order valence-corrected chi connectivity index (χ0v) is 13.8. The number of nitrogens with zero attached hydrogens (tertiary/aromatic N) is 1. The van der Waals surface area contributed by atoms with E-state index in [-0.39, 0.29) is 11.8 Å². The van der Waals surface area contributed by atoms with Gasteiger partial charge in [0.2, 0.25) is 11.8 Å². The third kappa shape index (κ3) is 3.11. The summed E-state index contributed by atoms with van der Waals surface area (Å²) in [5.74, 6) is 0.515. The number of hydrogen-bond acceptors (Lipinski definition) is 3. The molecule has 0 saturated carbocycles. The number of fused-ring (bicyclic) bond motifs is 1. The van der Waals surface area contributed by atoms with Crippen LogP contribution < -0.4 is 15.0 Å². The zero-order valence-electron chi connectivity index (χ0n) is 13.8. The molecule has 124 valence electrons. The third-order valence-electron chi connectivity index (χ3n) is 4.24. The number of carbonyl (C=O) groups excluding carboxylic acids is 2. The van der Waals surface area contributed by atoms with Crippen molar-refractivity contribution in [2.24, 2.45) is 0 Å². The van der Waals surface area contributed by atoms with Crippen molar-refractivity contribution in [3.8, 4) is 5.75 Å². The minimum absolute atomic E-state index is 0.121. The molecular formula is C19H20N2O3. The van der Waals surface area contributed by atoms with Gasteiger partial charge in [-0.3, -0.25) is 14.5 Å². The minimum atomic E-state index is -0.488. The summed E-state index contributed by atoms with van der Waals surface area (Å²) in [5, 5.41) is 2.92. The van der Waals surface area contributed by atoms with Crippen molar-refractivity contribution in [3.63, 3.8) is 0 Å². The fourth-order valence-corrected chi connectivity index (χ4v) is 3.04. The highest BCUT2D eigenvalue weighted by atomic mass is 16.5. The Bertz CT molecular complexity index is 755. The van der Waals surface area contributed by atoms with Crippen LogP contribution in [0.15, 0.2) is 48.5 Å². The predicted molar refractivity (Wildman–Crippen MR) is 91.9 cm³/mol. The van der Waals surface area contributed by atoms with Crippen LogP contribution in [0, 0.1) is 0 Å². The van der Waals surface area contributed by atoms with Crippen molar-refractivity contribution < 1.29 is 14.3 Å². The Morgan fingerprint density at radius 1 is 1.17 bits per heavy atom. The smallest absolute Gasteiger partial charge is 0.243 e. The van der Waals surface area contributed by atoms with Gasteiger partial charge in [-0.25, -0.2) is 0 Å². The zero-order chi connectivity index (χ0) is 17.1. The van der Waals surface area contributed by atoms with Crippen LogP contribution in [0.1, 0.15) is 18.1 Å². The van der Waals surface area contributed by atoms with E-state index < -0.39 is 6.04 Å². The molecule has 5 nitrogen and oxygen atoms in total. The number of para-hydroxylation sites is 1. The number of hydrogen-bond donors (Lipinski definition) is 1. The second-order valence-electron chi connectivity index (χ2n) is 5.80. The molecular weight excluding hydrogens is 304 g/mol. The number of nitrogens with one attached hydrogen (secondary N) is 1. The lowest BCUT2D eigenvalue weighted by Gasteiger charge is -2.23. The van der Waals surface area contributed by atoms with Crippen molar-refractivity contribution in [1.82, 2.24) is 5.32 Å². The van der Waals surface area contributed by atoms with Gasteiger partial charge in [0.1, 0.15) is 11.8 Å². The molecule has 0 bridgehead atoms. The number of anilines is 1. The lowest BCUT2D eigenvalue weighted by molar-refractivity contribution is -0.125. The number of rotatable bonds is 4. The van der Waals surface area contributed by atoms with E-state index >= 15 is 0 Å². The molecule has 0 radical (unpaired) electrons. The number of carbonyl (C=O) groups is 2. The largest absolute Gasteiger partial charge is 0.497 e. The second-order valence-corrected chi connectivity index (χ2v) is 5.80. The van der Waals surface area contributed by atoms with Crippen LogP contribution in [0.2, 0.25) is 0 Å². The van der Waals surface area contributed by atoms with E-state index in [0.717, 1.165) is 22.6 Å². The summed E-state index contributed by atoms with van der Waals surface area (Å²) in [6.07, 6.45) is 0.546. The Hall–Kier alpha value is -2.82. The van der Waals surface area contributed by atoms with Gasteiger partial charge >= 0.3 is 0 Å². The molecule has 2 aromatic rings. The van der Waals surface area contributed by atoms with Gasteiger partial charge in [0, 0.05) is 25.6 Å². The first-order chi connectivity index (χ1) is 11.6. The van der Waals surface area contributed by atoms with E-state index in [1.54, 1.807) is 12.0 Å². The second kappa shape index (κ2) is 6.74. The van der Waals surface area contributed by atoms with Crippen LogP contribution in [0.3, 0.4) is 0 Å². The maximum absolute atomic E-state index is 12.6. The Morgan fingerprint density at radius 2 is 1.88 bits per heavy atom. The van der Waals surface area contributed by atoms with E-state index in [0.29, 0.717) is 13.0 Å². The molecule has 1 heterocycles. The van der Waals surface area contributed by atoms with Crippen LogP contribution in [-0.4, -0.2) is 25.0 Å². The van der Waals surface area contributed by atoms with Crippen molar-refractivity contribution >= 4 is 17.5 Å². The third-order valence-corrected chi connectivity index (χ3v) is 4.24. The van der Waals surface area contributed by atoms with Crippen molar-refractivity contribution in [3.05, 3.63) is 59.7 Å². The Morgan fingerprint density at radius 3 is 2.54 bits per heavy atom. The van der Waals surface area contributed by atoms with Crippen LogP contribution in [-0.2, 0) is 22.6 Å². The fraction of sp³-hybridized carbons (Fsp3) is 0.263. The quantitative estimate of drug-likeness (QED) is 0.939. The van der Waals surface area contributed by atoms with Gasteiger partial charge in [-0.15, -0.1) is 0 Å². The first kappa shape index (κ1) is 16.1. The maximum atomic E-state index is 12.6. The molecule has 2 aromatic carbocycles. The molecule has 1 aliphatic heterocycles. The molecule has 24 heavy (non-hydrogen) atoms. The Balaban J connectivity index is 1.69. The summed E-state index contributed by atoms with van der Waals surface area (Å²) in [5.41, 5.74) is 2.83. The molecule has 1 atom stereocenters. The van der Waals surface area contributed by atoms with E-state index in [1.165, 1.54) is 6.92 Å². The van der Waals surface area contributed by atoms with E-state index in [1.807, 2.05) is 48.5 Å². The fourth-order valence-electron chi connectivity index (χ4n) is 3.04. The Kier molecular flexibility index (Phi) is 4.51. The van der Waals surface area contributed by atoms with Gasteiger partial charge in [-0.05, 0) is 29.3 Å². The number of benzene rings is 2. The molecule has 0 spiro atoms. The first-order valence-electron chi connectivity index (χ1n) is 7.88. The summed E-state index contributed by atoms with van der Waals surface area (Å²) in [7, 11) is 1.62. The predicted octanol–water partition coefficient (Wildman–Crippen LogP) is 2.29. The molecule has 0 aliphatic carbocycles. The first-order valence-corrected chi connectivity index (χ1v) is 7.88. The lowest BCUT2D eigenvalue weighted by atomic mass is 10.1. The van der Waals surface area contributed by atoms with E-state index in [9.17, 15) is 9.59 Å². The molecule has 0 fully saturated rings. The van der Waals surface area contributed by atoms with Gasteiger partial charge in [0.15, 0.2) is 0 Å². The van der Waals surface area contributed by atoms with Crippen molar-refractivity contribution in [2.75, 3.05) is 12.0 Å². The molecule has 0 aromatic heterocycles. The normalized spacial score (nSPS) is 15.8.